The molecule has 1 aromatic heterocycles. The number of sulfonamides is 1. The lowest BCUT2D eigenvalue weighted by Crippen LogP contribution is -2.36. The summed E-state index contributed by atoms with van der Waals surface area (Å²) in [7, 11) is -3.48. The van der Waals surface area contributed by atoms with E-state index in [0.29, 0.717) is 23.1 Å². The summed E-state index contributed by atoms with van der Waals surface area (Å²) in [6, 6.07) is 1.87. The predicted molar refractivity (Wildman–Crippen MR) is 82.5 cm³/mol. The van der Waals surface area contributed by atoms with Gasteiger partial charge in [-0.3, -0.25) is 0 Å². The van der Waals surface area contributed by atoms with E-state index < -0.39 is 10.0 Å². The van der Waals surface area contributed by atoms with Crippen LogP contribution in [0.4, 0.5) is 0 Å². The Kier molecular flexibility index (Phi) is 4.80. The summed E-state index contributed by atoms with van der Waals surface area (Å²) in [4.78, 5) is 0.299. The number of rotatable bonds is 7. The standard InChI is InChI=1S/C15H26N2O3S/c1-11(2)8-17(13-5-6-13)21(19,20)15-7-14(10-18)16(9-15)12(3)4/h7,9,11-13,18H,5-6,8,10H2,1-4H3. The molecule has 1 aliphatic carbocycles. The van der Waals surface area contributed by atoms with Crippen LogP contribution in [0.15, 0.2) is 17.2 Å². The molecule has 0 amide bonds. The van der Waals surface area contributed by atoms with E-state index in [1.807, 2.05) is 32.3 Å². The first-order valence-corrected chi connectivity index (χ1v) is 9.04. The fourth-order valence-electron chi connectivity index (χ4n) is 2.55. The lowest BCUT2D eigenvalue weighted by molar-refractivity contribution is 0.268. The summed E-state index contributed by atoms with van der Waals surface area (Å²) in [5.41, 5.74) is 0.642. The molecule has 0 saturated heterocycles. The molecule has 0 spiro atoms. The van der Waals surface area contributed by atoms with Gasteiger partial charge in [0.2, 0.25) is 10.0 Å². The van der Waals surface area contributed by atoms with Crippen LogP contribution in [0.5, 0.6) is 0 Å². The number of hydrogen-bond acceptors (Lipinski definition) is 3. The Morgan fingerprint density at radius 1 is 1.33 bits per heavy atom. The number of aliphatic hydroxyl groups excluding tert-OH is 1. The van der Waals surface area contributed by atoms with Crippen molar-refractivity contribution in [2.45, 2.75) is 64.1 Å². The van der Waals surface area contributed by atoms with Crippen molar-refractivity contribution in [3.63, 3.8) is 0 Å². The van der Waals surface area contributed by atoms with Gasteiger partial charge < -0.3 is 9.67 Å². The highest BCUT2D eigenvalue weighted by Gasteiger charge is 2.38. The zero-order valence-corrected chi connectivity index (χ0v) is 14.1. The van der Waals surface area contributed by atoms with Crippen LogP contribution in [0.2, 0.25) is 0 Å². The molecule has 1 N–H and O–H groups in total. The van der Waals surface area contributed by atoms with Crippen LogP contribution in [-0.4, -0.2) is 35.0 Å². The van der Waals surface area contributed by atoms with Gasteiger partial charge in [-0.15, -0.1) is 0 Å². The fourth-order valence-corrected chi connectivity index (χ4v) is 4.45. The van der Waals surface area contributed by atoms with Crippen molar-refractivity contribution in [2.75, 3.05) is 6.54 Å². The van der Waals surface area contributed by atoms with Crippen molar-refractivity contribution in [1.29, 1.82) is 0 Å². The first-order chi connectivity index (χ1) is 9.77. The number of aliphatic hydroxyl groups is 1. The van der Waals surface area contributed by atoms with Crippen LogP contribution in [0.3, 0.4) is 0 Å². The molecule has 1 fully saturated rings. The van der Waals surface area contributed by atoms with Gasteiger partial charge in [-0.1, -0.05) is 13.8 Å². The second-order valence-electron chi connectivity index (χ2n) is 6.53. The fraction of sp³-hybridized carbons (Fsp3) is 0.733. The van der Waals surface area contributed by atoms with Crippen molar-refractivity contribution in [3.8, 4) is 0 Å². The normalized spacial score (nSPS) is 16.4. The van der Waals surface area contributed by atoms with E-state index >= 15 is 0 Å². The first kappa shape index (κ1) is 16.5. The number of nitrogens with zero attached hydrogens (tertiary/aromatic N) is 2. The lowest BCUT2D eigenvalue weighted by atomic mass is 10.2. The van der Waals surface area contributed by atoms with Gasteiger partial charge in [0.15, 0.2) is 0 Å². The minimum Gasteiger partial charge on any atom is -0.390 e. The van der Waals surface area contributed by atoms with E-state index in [4.69, 9.17) is 0 Å². The predicted octanol–water partition coefficient (Wildman–Crippen LogP) is 2.37. The van der Waals surface area contributed by atoms with Crippen molar-refractivity contribution in [3.05, 3.63) is 18.0 Å². The summed E-state index contributed by atoms with van der Waals surface area (Å²) in [5, 5.41) is 9.42. The first-order valence-electron chi connectivity index (χ1n) is 7.60. The Bertz CT molecular complexity index is 586. The monoisotopic (exact) mass is 314 g/mol. The zero-order chi connectivity index (χ0) is 15.8. The third-order valence-corrected chi connectivity index (χ3v) is 5.61. The average Bonchev–Trinajstić information content (AvgIpc) is 3.12. The second kappa shape index (κ2) is 6.10. The highest BCUT2D eigenvalue weighted by Crippen LogP contribution is 2.33. The molecule has 0 aromatic carbocycles. The highest BCUT2D eigenvalue weighted by molar-refractivity contribution is 7.89. The maximum atomic E-state index is 12.9. The summed E-state index contributed by atoms with van der Waals surface area (Å²) in [6.45, 7) is 8.41. The Morgan fingerprint density at radius 3 is 2.33 bits per heavy atom. The maximum Gasteiger partial charge on any atom is 0.244 e. The maximum absolute atomic E-state index is 12.9. The molecule has 2 rings (SSSR count). The third-order valence-electron chi connectivity index (χ3n) is 3.73. The van der Waals surface area contributed by atoms with Crippen molar-refractivity contribution in [1.82, 2.24) is 8.87 Å². The molecule has 0 atom stereocenters. The molecule has 0 bridgehead atoms. The lowest BCUT2D eigenvalue weighted by Gasteiger charge is -2.23. The van der Waals surface area contributed by atoms with Crippen LogP contribution < -0.4 is 0 Å². The minimum atomic E-state index is -3.48. The van der Waals surface area contributed by atoms with Crippen LogP contribution in [-0.2, 0) is 16.6 Å². The Hall–Kier alpha value is -0.850. The zero-order valence-electron chi connectivity index (χ0n) is 13.3. The van der Waals surface area contributed by atoms with Crippen LogP contribution in [0.1, 0.15) is 52.3 Å². The Balaban J connectivity index is 2.37. The number of aromatic nitrogens is 1. The van der Waals surface area contributed by atoms with E-state index in [1.165, 1.54) is 0 Å². The average molecular weight is 314 g/mol. The van der Waals surface area contributed by atoms with Crippen molar-refractivity contribution < 1.29 is 13.5 Å². The molecule has 0 unspecified atom stereocenters. The van der Waals surface area contributed by atoms with Gasteiger partial charge in [0, 0.05) is 30.5 Å². The molecule has 1 aromatic rings. The van der Waals surface area contributed by atoms with Gasteiger partial charge in [-0.05, 0) is 38.7 Å². The van der Waals surface area contributed by atoms with Crippen molar-refractivity contribution in [2.24, 2.45) is 5.92 Å². The largest absolute Gasteiger partial charge is 0.390 e. The highest BCUT2D eigenvalue weighted by atomic mass is 32.2. The molecule has 21 heavy (non-hydrogen) atoms. The molecule has 5 nitrogen and oxygen atoms in total. The molecular formula is C15H26N2O3S. The molecule has 6 heteroatoms. The van der Waals surface area contributed by atoms with Crippen LogP contribution in [0, 0.1) is 5.92 Å². The molecular weight excluding hydrogens is 288 g/mol. The van der Waals surface area contributed by atoms with Crippen LogP contribution >= 0.6 is 0 Å². The second-order valence-corrected chi connectivity index (χ2v) is 8.42. The van der Waals surface area contributed by atoms with Gasteiger partial charge in [-0.25, -0.2) is 8.42 Å². The van der Waals surface area contributed by atoms with E-state index in [2.05, 4.69) is 0 Å². The molecule has 1 heterocycles. The van der Waals surface area contributed by atoms with E-state index in [9.17, 15) is 13.5 Å². The quantitative estimate of drug-likeness (QED) is 0.840. The third kappa shape index (κ3) is 3.49. The molecule has 1 saturated carbocycles. The Morgan fingerprint density at radius 2 is 1.95 bits per heavy atom. The molecule has 0 aliphatic heterocycles. The summed E-state index contributed by atoms with van der Waals surface area (Å²) < 4.78 is 29.2. The van der Waals surface area contributed by atoms with E-state index in [0.717, 1.165) is 12.8 Å². The Labute approximate surface area is 127 Å². The van der Waals surface area contributed by atoms with E-state index in [-0.39, 0.29) is 18.7 Å². The minimum absolute atomic E-state index is 0.121. The molecule has 120 valence electrons. The van der Waals surface area contributed by atoms with Gasteiger partial charge in [-0.2, -0.15) is 4.31 Å². The molecule has 0 radical (unpaired) electrons. The van der Waals surface area contributed by atoms with Gasteiger partial charge >= 0.3 is 0 Å². The smallest absolute Gasteiger partial charge is 0.244 e. The van der Waals surface area contributed by atoms with Gasteiger partial charge in [0.1, 0.15) is 4.90 Å². The summed E-state index contributed by atoms with van der Waals surface area (Å²) >= 11 is 0. The SMILES string of the molecule is CC(C)CN(C1CC1)S(=O)(=O)c1cc(CO)n(C(C)C)c1. The van der Waals surface area contributed by atoms with E-state index in [1.54, 1.807) is 16.6 Å². The topological polar surface area (TPSA) is 62.5 Å². The number of hydrogen-bond donors (Lipinski definition) is 1. The summed E-state index contributed by atoms with van der Waals surface area (Å²) in [6.07, 6.45) is 3.55. The van der Waals surface area contributed by atoms with Crippen LogP contribution in [0.25, 0.3) is 0 Å². The summed E-state index contributed by atoms with van der Waals surface area (Å²) in [5.74, 6) is 0.296. The van der Waals surface area contributed by atoms with Crippen molar-refractivity contribution >= 4 is 10.0 Å². The van der Waals surface area contributed by atoms with Gasteiger partial charge in [0.05, 0.1) is 6.61 Å². The molecule has 1 aliphatic rings. The van der Waals surface area contributed by atoms with Gasteiger partial charge in [0.25, 0.3) is 0 Å².